The number of anilines is 2. The number of aromatic nitrogens is 3. The van der Waals surface area contributed by atoms with Crippen LogP contribution in [0.1, 0.15) is 11.1 Å². The van der Waals surface area contributed by atoms with E-state index in [1.807, 2.05) is 0 Å². The van der Waals surface area contributed by atoms with Gasteiger partial charge in [0, 0.05) is 36.8 Å². The monoisotopic (exact) mass is 513 g/mol. The molecule has 0 spiro atoms. The Balaban J connectivity index is 1.70. The second-order valence-electron chi connectivity index (χ2n) is 8.38. The van der Waals surface area contributed by atoms with Gasteiger partial charge >= 0.3 is 12.2 Å². The average molecular weight is 514 g/mol. The Morgan fingerprint density at radius 1 is 1.00 bits per heavy atom. The highest BCUT2D eigenvalue weighted by atomic mass is 32.2. The lowest BCUT2D eigenvalue weighted by atomic mass is 10.1. The molecule has 2 amide bonds. The molecule has 1 aromatic carbocycles. The molecule has 0 aliphatic carbocycles. The van der Waals surface area contributed by atoms with E-state index in [9.17, 15) is 26.4 Å². The predicted molar refractivity (Wildman–Crippen MR) is 126 cm³/mol. The van der Waals surface area contributed by atoms with Crippen LogP contribution in [0.5, 0.6) is 0 Å². The zero-order valence-corrected chi connectivity index (χ0v) is 19.8. The minimum atomic E-state index is -4.58. The molecule has 8 nitrogen and oxygen atoms in total. The third kappa shape index (κ3) is 4.13. The topological polar surface area (TPSA) is 96.4 Å². The first kappa shape index (κ1) is 23.7. The van der Waals surface area contributed by atoms with Gasteiger partial charge in [-0.15, -0.1) is 0 Å². The fourth-order valence-corrected chi connectivity index (χ4v) is 4.58. The van der Waals surface area contributed by atoms with E-state index in [2.05, 4.69) is 15.0 Å². The molecule has 0 saturated carbocycles. The zero-order valence-electron chi connectivity index (χ0n) is 19.0. The maximum Gasteiger partial charge on any atom is 0.416 e. The van der Waals surface area contributed by atoms with Crippen LogP contribution in [0.2, 0.25) is 0 Å². The highest BCUT2D eigenvalue weighted by molar-refractivity contribution is 7.90. The van der Waals surface area contributed by atoms with Crippen LogP contribution in [-0.2, 0) is 22.6 Å². The van der Waals surface area contributed by atoms with Crippen LogP contribution in [0, 0.1) is 0 Å². The van der Waals surface area contributed by atoms with Gasteiger partial charge in [-0.1, -0.05) is 6.07 Å². The lowest BCUT2D eigenvalue weighted by molar-refractivity contribution is -0.137. The Bertz CT molecular complexity index is 1620. The second-order valence-corrected chi connectivity index (χ2v) is 10.3. The van der Waals surface area contributed by atoms with E-state index in [4.69, 9.17) is 0 Å². The number of benzene rings is 1. The van der Waals surface area contributed by atoms with Gasteiger partial charge in [-0.25, -0.2) is 23.2 Å². The van der Waals surface area contributed by atoms with Gasteiger partial charge in [-0.2, -0.15) is 13.2 Å². The molecule has 12 heteroatoms. The number of alkyl halides is 3. The molecule has 0 radical (unpaired) electrons. The third-order valence-corrected chi connectivity index (χ3v) is 6.76. The summed E-state index contributed by atoms with van der Waals surface area (Å²) in [5, 5.41) is -0.0876. The number of hydrogen-bond donors (Lipinski definition) is 0. The fraction of sp³-hybridized carbons (Fsp3) is 0.167. The first-order chi connectivity index (χ1) is 16.9. The Morgan fingerprint density at radius 3 is 2.44 bits per heavy atom. The summed E-state index contributed by atoms with van der Waals surface area (Å²) in [6, 6.07) is 10.3. The number of carbonyl (C=O) groups excluding carboxylic acids is 1. The van der Waals surface area contributed by atoms with Crippen molar-refractivity contribution >= 4 is 38.3 Å². The van der Waals surface area contributed by atoms with Crippen molar-refractivity contribution in [1.82, 2.24) is 19.9 Å². The highest BCUT2D eigenvalue weighted by Gasteiger charge is 2.35. The van der Waals surface area contributed by atoms with Gasteiger partial charge in [-0.05, 0) is 42.5 Å². The molecule has 4 heterocycles. The van der Waals surface area contributed by atoms with Crippen molar-refractivity contribution in [3.05, 3.63) is 72.1 Å². The molecule has 0 N–H and O–H groups in total. The second kappa shape index (κ2) is 8.26. The molecule has 0 unspecified atom stereocenters. The summed E-state index contributed by atoms with van der Waals surface area (Å²) in [7, 11) is -1.93. The van der Waals surface area contributed by atoms with E-state index in [0.29, 0.717) is 33.5 Å². The first-order valence-corrected chi connectivity index (χ1v) is 12.5. The van der Waals surface area contributed by atoms with Crippen molar-refractivity contribution in [3.63, 3.8) is 0 Å². The molecule has 5 rings (SSSR count). The molecule has 184 valence electrons. The summed E-state index contributed by atoms with van der Waals surface area (Å²) in [5.74, 6) is 0. The number of urea groups is 1. The van der Waals surface area contributed by atoms with E-state index in [0.717, 1.165) is 18.4 Å². The molecule has 0 fully saturated rings. The first-order valence-electron chi connectivity index (χ1n) is 10.6. The lowest BCUT2D eigenvalue weighted by Crippen LogP contribution is -2.42. The molecule has 0 saturated heterocycles. The lowest BCUT2D eigenvalue weighted by Gasteiger charge is -2.35. The Morgan fingerprint density at radius 2 is 1.78 bits per heavy atom. The van der Waals surface area contributed by atoms with Crippen LogP contribution in [0.4, 0.5) is 29.3 Å². The summed E-state index contributed by atoms with van der Waals surface area (Å²) in [4.78, 5) is 28.9. The van der Waals surface area contributed by atoms with Gasteiger partial charge in [0.05, 0.1) is 34.7 Å². The van der Waals surface area contributed by atoms with E-state index < -0.39 is 27.6 Å². The number of hydrogen-bond acceptors (Lipinski definition) is 6. The number of fused-ring (bicyclic) bond motifs is 3. The van der Waals surface area contributed by atoms with Crippen LogP contribution in [-0.4, -0.2) is 47.6 Å². The minimum Gasteiger partial charge on any atom is -0.323 e. The van der Waals surface area contributed by atoms with Crippen molar-refractivity contribution in [3.8, 4) is 11.3 Å². The Hall–Kier alpha value is -4.06. The maximum absolute atomic E-state index is 13.4. The normalized spacial score (nSPS) is 14.3. The van der Waals surface area contributed by atoms with Crippen LogP contribution < -0.4 is 4.90 Å². The molecule has 4 aromatic rings. The number of rotatable bonds is 3. The van der Waals surface area contributed by atoms with E-state index in [1.54, 1.807) is 31.4 Å². The smallest absolute Gasteiger partial charge is 0.323 e. The molecular formula is C24H18F3N5O3S. The van der Waals surface area contributed by atoms with Crippen LogP contribution in [0.15, 0.2) is 66.0 Å². The summed E-state index contributed by atoms with van der Waals surface area (Å²) < 4.78 is 63.7. The molecular weight excluding hydrogens is 495 g/mol. The molecule has 1 aliphatic rings. The van der Waals surface area contributed by atoms with Crippen LogP contribution in [0.3, 0.4) is 0 Å². The Kier molecular flexibility index (Phi) is 5.43. The number of amides is 2. The van der Waals surface area contributed by atoms with Crippen LogP contribution in [0.25, 0.3) is 22.3 Å². The highest BCUT2D eigenvalue weighted by Crippen LogP contribution is 2.40. The van der Waals surface area contributed by atoms with Crippen LogP contribution >= 0.6 is 0 Å². The number of nitrogens with zero attached hydrogens (tertiary/aromatic N) is 5. The standard InChI is InChI=1S/C24H18F3N5O3S/c1-31-13-15-12-28-19-8-7-18(14-6-9-20(29-11-14)36(2,34)35)30-21(19)22(15)32(23(31)33)17-5-3-4-16(10-17)24(25,26)27/h3-12H,13H2,1-2H3. The maximum atomic E-state index is 13.4. The number of halogens is 3. The van der Waals surface area contributed by atoms with Crippen molar-refractivity contribution in [1.29, 1.82) is 0 Å². The van der Waals surface area contributed by atoms with Crippen molar-refractivity contribution in [2.45, 2.75) is 17.7 Å². The number of carbonyl (C=O) groups is 1. The SMILES string of the molecule is CN1Cc2cnc3ccc(-c4ccc(S(C)(=O)=O)nc4)nc3c2N(c2cccc(C(F)(F)F)c2)C1=O. The summed E-state index contributed by atoms with van der Waals surface area (Å²) in [5.41, 5.74) is 1.81. The van der Waals surface area contributed by atoms with Gasteiger partial charge in [0.25, 0.3) is 0 Å². The third-order valence-electron chi connectivity index (χ3n) is 5.75. The fourth-order valence-electron chi connectivity index (χ4n) is 4.02. The molecule has 1 aliphatic heterocycles. The van der Waals surface area contributed by atoms with E-state index in [-0.39, 0.29) is 17.3 Å². The molecule has 3 aromatic heterocycles. The van der Waals surface area contributed by atoms with E-state index in [1.165, 1.54) is 34.2 Å². The molecule has 36 heavy (non-hydrogen) atoms. The van der Waals surface area contributed by atoms with Gasteiger partial charge < -0.3 is 4.90 Å². The molecule has 0 bridgehead atoms. The van der Waals surface area contributed by atoms with Gasteiger partial charge in [0.2, 0.25) is 0 Å². The van der Waals surface area contributed by atoms with Crippen molar-refractivity contribution < 1.29 is 26.4 Å². The van der Waals surface area contributed by atoms with Crippen molar-refractivity contribution in [2.75, 3.05) is 18.2 Å². The minimum absolute atomic E-state index is 0.0431. The average Bonchev–Trinajstić information content (AvgIpc) is 2.83. The Labute approximate surface area is 204 Å². The summed E-state index contributed by atoms with van der Waals surface area (Å²) in [6.45, 7) is 0.198. The predicted octanol–water partition coefficient (Wildman–Crippen LogP) is 4.82. The van der Waals surface area contributed by atoms with Gasteiger partial charge in [0.1, 0.15) is 5.52 Å². The number of pyridine rings is 3. The largest absolute Gasteiger partial charge is 0.416 e. The summed E-state index contributed by atoms with van der Waals surface area (Å²) in [6.07, 6.45) is -0.583. The van der Waals surface area contributed by atoms with Gasteiger partial charge in [-0.3, -0.25) is 9.88 Å². The van der Waals surface area contributed by atoms with Crippen molar-refractivity contribution in [2.24, 2.45) is 0 Å². The summed E-state index contributed by atoms with van der Waals surface area (Å²) >= 11 is 0. The quantitative estimate of drug-likeness (QED) is 0.390. The zero-order chi connectivity index (χ0) is 25.8. The van der Waals surface area contributed by atoms with Gasteiger partial charge in [0.15, 0.2) is 14.9 Å². The molecule has 0 atom stereocenters. The van der Waals surface area contributed by atoms with E-state index >= 15 is 0 Å². The number of sulfone groups is 1.